The Labute approximate surface area is 140 Å². The Hall–Kier alpha value is -1.97. The lowest BCUT2D eigenvalue weighted by molar-refractivity contribution is -0.179. The maximum atomic E-state index is 13.6. The molecule has 2 atom stereocenters. The average Bonchev–Trinajstić information content (AvgIpc) is 2.52. The summed E-state index contributed by atoms with van der Waals surface area (Å²) in [6.45, 7) is 6.28. The second-order valence-corrected chi connectivity index (χ2v) is 7.50. The fraction of sp³-hybridized carbons (Fsp3) is 0.400. The van der Waals surface area contributed by atoms with Crippen LogP contribution in [-0.4, -0.2) is 6.18 Å². The topological polar surface area (TPSA) is 12.0 Å². The highest BCUT2D eigenvalue weighted by molar-refractivity contribution is 5.55. The summed E-state index contributed by atoms with van der Waals surface area (Å²) in [5.41, 5.74) is 3.30. The van der Waals surface area contributed by atoms with Crippen molar-refractivity contribution >= 4 is 5.69 Å². The van der Waals surface area contributed by atoms with E-state index in [0.29, 0.717) is 5.56 Å². The van der Waals surface area contributed by atoms with Crippen LogP contribution in [0.25, 0.3) is 0 Å². The fourth-order valence-corrected chi connectivity index (χ4v) is 3.27. The van der Waals surface area contributed by atoms with Crippen LogP contribution in [0.4, 0.5) is 18.9 Å². The quantitative estimate of drug-likeness (QED) is 0.688. The first-order chi connectivity index (χ1) is 11.2. The van der Waals surface area contributed by atoms with Crippen molar-refractivity contribution in [3.8, 4) is 0 Å². The van der Waals surface area contributed by atoms with Gasteiger partial charge in [-0.2, -0.15) is 13.2 Å². The number of para-hydroxylation sites is 1. The van der Waals surface area contributed by atoms with Crippen LogP contribution in [0.2, 0.25) is 0 Å². The highest BCUT2D eigenvalue weighted by Gasteiger charge is 2.47. The van der Waals surface area contributed by atoms with Gasteiger partial charge in [-0.3, -0.25) is 0 Å². The van der Waals surface area contributed by atoms with Crippen LogP contribution < -0.4 is 5.32 Å². The molecule has 0 spiro atoms. The van der Waals surface area contributed by atoms with Gasteiger partial charge in [-0.1, -0.05) is 63.2 Å². The van der Waals surface area contributed by atoms with Crippen LogP contribution in [0.3, 0.4) is 0 Å². The number of halogens is 3. The van der Waals surface area contributed by atoms with E-state index in [0.717, 1.165) is 16.8 Å². The lowest BCUT2D eigenvalue weighted by Gasteiger charge is -2.36. The second-order valence-electron chi connectivity index (χ2n) is 7.50. The van der Waals surface area contributed by atoms with E-state index in [-0.39, 0.29) is 11.8 Å². The van der Waals surface area contributed by atoms with Gasteiger partial charge in [0.25, 0.3) is 0 Å². The van der Waals surface area contributed by atoms with Gasteiger partial charge in [-0.05, 0) is 34.6 Å². The summed E-state index contributed by atoms with van der Waals surface area (Å²) in [7, 11) is 0. The molecular weight excluding hydrogens is 311 g/mol. The molecule has 3 rings (SSSR count). The third-order valence-electron chi connectivity index (χ3n) is 4.73. The van der Waals surface area contributed by atoms with Crippen LogP contribution in [0.15, 0.2) is 48.5 Å². The fourth-order valence-electron chi connectivity index (χ4n) is 3.27. The van der Waals surface area contributed by atoms with E-state index in [4.69, 9.17) is 0 Å². The van der Waals surface area contributed by atoms with Crippen molar-refractivity contribution < 1.29 is 13.2 Å². The number of alkyl halides is 3. The van der Waals surface area contributed by atoms with Crippen LogP contribution in [0, 0.1) is 5.92 Å². The van der Waals surface area contributed by atoms with Gasteiger partial charge in [0.1, 0.15) is 0 Å². The summed E-state index contributed by atoms with van der Waals surface area (Å²) in [5, 5.41) is 3.11. The lowest BCUT2D eigenvalue weighted by atomic mass is 9.81. The van der Waals surface area contributed by atoms with Gasteiger partial charge in [-0.15, -0.1) is 0 Å². The monoisotopic (exact) mass is 333 g/mol. The number of hydrogen-bond acceptors (Lipinski definition) is 1. The second kappa shape index (κ2) is 5.83. The molecule has 2 aromatic rings. The minimum atomic E-state index is -4.24. The van der Waals surface area contributed by atoms with Crippen LogP contribution in [-0.2, 0) is 11.8 Å². The van der Waals surface area contributed by atoms with E-state index in [9.17, 15) is 13.2 Å². The zero-order valence-corrected chi connectivity index (χ0v) is 14.1. The van der Waals surface area contributed by atoms with Crippen LogP contribution in [0.1, 0.15) is 43.5 Å². The van der Waals surface area contributed by atoms with Crippen molar-refractivity contribution in [2.45, 2.75) is 44.8 Å². The molecule has 0 aromatic heterocycles. The van der Waals surface area contributed by atoms with E-state index >= 15 is 0 Å². The van der Waals surface area contributed by atoms with Gasteiger partial charge in [-0.25, -0.2) is 0 Å². The molecule has 1 heterocycles. The van der Waals surface area contributed by atoms with E-state index in [1.54, 1.807) is 12.1 Å². The zero-order chi connectivity index (χ0) is 17.5. The summed E-state index contributed by atoms with van der Waals surface area (Å²) in [6, 6.07) is 14.0. The molecule has 1 nitrogen and oxygen atoms in total. The van der Waals surface area contributed by atoms with Crippen molar-refractivity contribution in [2.75, 3.05) is 5.32 Å². The van der Waals surface area contributed by atoms with Crippen LogP contribution in [0.5, 0.6) is 0 Å². The molecule has 0 saturated carbocycles. The van der Waals surface area contributed by atoms with E-state index in [2.05, 4.69) is 26.1 Å². The molecule has 0 saturated heterocycles. The highest BCUT2D eigenvalue weighted by Crippen LogP contribution is 2.45. The summed E-state index contributed by atoms with van der Waals surface area (Å²) in [6.07, 6.45) is -4.23. The first-order valence-corrected chi connectivity index (χ1v) is 8.18. The van der Waals surface area contributed by atoms with E-state index < -0.39 is 18.1 Å². The first kappa shape index (κ1) is 16.9. The average molecular weight is 333 g/mol. The maximum Gasteiger partial charge on any atom is 0.394 e. The summed E-state index contributed by atoms with van der Waals surface area (Å²) in [5.74, 6) is -1.42. The van der Waals surface area contributed by atoms with Crippen molar-refractivity contribution in [2.24, 2.45) is 5.92 Å². The molecule has 0 fully saturated rings. The van der Waals surface area contributed by atoms with Crippen molar-refractivity contribution in [1.82, 2.24) is 0 Å². The summed E-state index contributed by atoms with van der Waals surface area (Å²) < 4.78 is 40.8. The first-order valence-electron chi connectivity index (χ1n) is 8.18. The molecule has 0 radical (unpaired) electrons. The molecule has 128 valence electrons. The van der Waals surface area contributed by atoms with E-state index in [1.807, 2.05) is 36.4 Å². The predicted octanol–water partition coefficient (Wildman–Crippen LogP) is 5.87. The van der Waals surface area contributed by atoms with Crippen molar-refractivity contribution in [3.63, 3.8) is 0 Å². The summed E-state index contributed by atoms with van der Waals surface area (Å²) in [4.78, 5) is 0. The predicted molar refractivity (Wildman–Crippen MR) is 91.2 cm³/mol. The third kappa shape index (κ3) is 3.28. The molecule has 0 unspecified atom stereocenters. The smallest absolute Gasteiger partial charge is 0.377 e. The number of benzene rings is 2. The Balaban J connectivity index is 1.98. The standard InChI is InChI=1S/C20H22F3N/c1-19(2,3)15-10-8-13(9-11-15)18-16(20(21,22)23)12-14-6-4-5-7-17(14)24-18/h4-11,16,18,24H,12H2,1-3H3/t16-,18-/m0/s1. The Morgan fingerprint density at radius 2 is 1.54 bits per heavy atom. The molecule has 1 N–H and O–H groups in total. The number of rotatable bonds is 1. The molecule has 1 aliphatic rings. The highest BCUT2D eigenvalue weighted by atomic mass is 19.4. The Morgan fingerprint density at radius 3 is 2.12 bits per heavy atom. The minimum absolute atomic E-state index is 0.0123. The Morgan fingerprint density at radius 1 is 0.917 bits per heavy atom. The molecule has 0 amide bonds. The maximum absolute atomic E-state index is 13.6. The van der Waals surface area contributed by atoms with Gasteiger partial charge in [0.2, 0.25) is 0 Å². The van der Waals surface area contributed by atoms with Crippen molar-refractivity contribution in [1.29, 1.82) is 0 Å². The summed E-state index contributed by atoms with van der Waals surface area (Å²) >= 11 is 0. The van der Waals surface area contributed by atoms with Crippen LogP contribution >= 0.6 is 0 Å². The molecule has 0 aliphatic carbocycles. The lowest BCUT2D eigenvalue weighted by Crippen LogP contribution is -2.38. The van der Waals surface area contributed by atoms with Gasteiger partial charge in [0, 0.05) is 5.69 Å². The number of fused-ring (bicyclic) bond motifs is 1. The van der Waals surface area contributed by atoms with Gasteiger partial charge < -0.3 is 5.32 Å². The van der Waals surface area contributed by atoms with E-state index in [1.165, 1.54) is 0 Å². The number of hydrogen-bond donors (Lipinski definition) is 1. The van der Waals surface area contributed by atoms with Gasteiger partial charge in [0.05, 0.1) is 12.0 Å². The SMILES string of the molecule is CC(C)(C)c1ccc([C@@H]2Nc3ccccc3C[C@@H]2C(F)(F)F)cc1. The van der Waals surface area contributed by atoms with Gasteiger partial charge in [0.15, 0.2) is 0 Å². The normalized spacial score (nSPS) is 21.1. The molecule has 4 heteroatoms. The molecule has 1 aliphatic heterocycles. The largest absolute Gasteiger partial charge is 0.394 e. The van der Waals surface area contributed by atoms with Crippen molar-refractivity contribution in [3.05, 3.63) is 65.2 Å². The molecule has 24 heavy (non-hydrogen) atoms. The Bertz CT molecular complexity index is 711. The number of nitrogens with one attached hydrogen (secondary N) is 1. The molecule has 0 bridgehead atoms. The molecular formula is C20H22F3N. The third-order valence-corrected chi connectivity index (χ3v) is 4.73. The Kier molecular flexibility index (Phi) is 4.10. The number of anilines is 1. The minimum Gasteiger partial charge on any atom is -0.377 e. The zero-order valence-electron chi connectivity index (χ0n) is 14.1. The molecule has 2 aromatic carbocycles. The van der Waals surface area contributed by atoms with Gasteiger partial charge >= 0.3 is 6.18 Å².